The topological polar surface area (TPSA) is 55.2 Å². The first-order chi connectivity index (χ1) is 8.16. The number of aromatic nitrogens is 2. The molecule has 0 unspecified atom stereocenters. The van der Waals surface area contributed by atoms with Crippen LogP contribution in [0.5, 0.6) is 0 Å². The minimum Gasteiger partial charge on any atom is -0.339 e. The molecule has 0 atom stereocenters. The van der Waals surface area contributed by atoms with Crippen LogP contribution in [0.15, 0.2) is 17.6 Å². The zero-order valence-corrected chi connectivity index (χ0v) is 10.9. The van der Waals surface area contributed by atoms with E-state index < -0.39 is 34.3 Å². The number of imidazole rings is 1. The molecule has 0 fully saturated rings. The maximum atomic E-state index is 12.3. The van der Waals surface area contributed by atoms with Gasteiger partial charge in [-0.25, -0.2) is 13.4 Å². The highest BCUT2D eigenvalue weighted by atomic mass is 35.5. The molecule has 5 nitrogen and oxygen atoms in total. The van der Waals surface area contributed by atoms with Gasteiger partial charge in [-0.3, -0.25) is 0 Å². The summed E-state index contributed by atoms with van der Waals surface area (Å²) < 4.78 is 62.3. The van der Waals surface area contributed by atoms with Gasteiger partial charge in [-0.1, -0.05) is 0 Å². The fraction of sp³-hybridized carbons (Fsp3) is 0.625. The zero-order valence-electron chi connectivity index (χ0n) is 9.35. The summed E-state index contributed by atoms with van der Waals surface area (Å²) in [4.78, 5) is 3.54. The largest absolute Gasteiger partial charge is 0.402 e. The Kier molecular flexibility index (Phi) is 4.62. The SMILES string of the molecule is Cn1cnc(S(=O)(=O)N(CCCl)CC(F)(F)F)c1. The third-order valence-electron chi connectivity index (χ3n) is 1.97. The Bertz CT molecular complexity index is 500. The molecule has 0 amide bonds. The van der Waals surface area contributed by atoms with Crippen LogP contribution in [0.25, 0.3) is 0 Å². The van der Waals surface area contributed by atoms with Crippen molar-refractivity contribution < 1.29 is 21.6 Å². The fourth-order valence-corrected chi connectivity index (χ4v) is 2.93. The van der Waals surface area contributed by atoms with Gasteiger partial charge in [-0.05, 0) is 0 Å². The van der Waals surface area contributed by atoms with Gasteiger partial charge in [0, 0.05) is 25.7 Å². The van der Waals surface area contributed by atoms with Crippen LogP contribution in [0.4, 0.5) is 13.2 Å². The minimum absolute atomic E-state index is 0.234. The number of aryl methyl sites for hydroxylation is 1. The zero-order chi connectivity index (χ0) is 14.0. The normalized spacial score (nSPS) is 13.2. The van der Waals surface area contributed by atoms with E-state index in [2.05, 4.69) is 4.98 Å². The number of sulfonamides is 1. The number of rotatable bonds is 5. The fourth-order valence-electron chi connectivity index (χ4n) is 1.23. The summed E-state index contributed by atoms with van der Waals surface area (Å²) >= 11 is 5.32. The highest BCUT2D eigenvalue weighted by Crippen LogP contribution is 2.21. The van der Waals surface area contributed by atoms with Gasteiger partial charge in [0.2, 0.25) is 0 Å². The van der Waals surface area contributed by atoms with Crippen LogP contribution in [-0.2, 0) is 17.1 Å². The summed E-state index contributed by atoms with van der Waals surface area (Å²) in [7, 11) is -2.76. The number of hydrogen-bond acceptors (Lipinski definition) is 3. The average molecular weight is 306 g/mol. The Morgan fingerprint density at radius 1 is 1.50 bits per heavy atom. The molecule has 0 aliphatic heterocycles. The van der Waals surface area contributed by atoms with Crippen molar-refractivity contribution in [2.75, 3.05) is 19.0 Å². The minimum atomic E-state index is -4.63. The van der Waals surface area contributed by atoms with E-state index in [1.165, 1.54) is 17.9 Å². The quantitative estimate of drug-likeness (QED) is 0.768. The molecule has 0 aromatic carbocycles. The third kappa shape index (κ3) is 3.85. The third-order valence-corrected chi connectivity index (χ3v) is 3.87. The predicted molar refractivity (Wildman–Crippen MR) is 58.7 cm³/mol. The van der Waals surface area contributed by atoms with Crippen LogP contribution in [0.1, 0.15) is 0 Å². The highest BCUT2D eigenvalue weighted by molar-refractivity contribution is 7.89. The van der Waals surface area contributed by atoms with E-state index in [1.54, 1.807) is 0 Å². The molecule has 0 saturated carbocycles. The molecule has 1 aromatic heterocycles. The summed E-state index contributed by atoms with van der Waals surface area (Å²) in [5.74, 6) is -0.234. The first-order valence-electron chi connectivity index (χ1n) is 4.77. The van der Waals surface area contributed by atoms with Crippen molar-refractivity contribution >= 4 is 21.6 Å². The molecule has 1 aromatic rings. The van der Waals surface area contributed by atoms with E-state index in [0.717, 1.165) is 6.20 Å². The second-order valence-corrected chi connectivity index (χ2v) is 5.78. The Labute approximate surface area is 107 Å². The molecule has 0 aliphatic rings. The first-order valence-corrected chi connectivity index (χ1v) is 6.75. The molecule has 0 radical (unpaired) electrons. The molecule has 0 saturated heterocycles. The molecule has 0 spiro atoms. The van der Waals surface area contributed by atoms with E-state index in [4.69, 9.17) is 11.6 Å². The second kappa shape index (κ2) is 5.45. The van der Waals surface area contributed by atoms with E-state index >= 15 is 0 Å². The van der Waals surface area contributed by atoms with Crippen LogP contribution >= 0.6 is 11.6 Å². The van der Waals surface area contributed by atoms with Crippen molar-refractivity contribution in [1.82, 2.24) is 13.9 Å². The molecular weight excluding hydrogens is 295 g/mol. The lowest BCUT2D eigenvalue weighted by Crippen LogP contribution is -2.40. The Balaban J connectivity index is 3.04. The molecule has 0 aliphatic carbocycles. The summed E-state index contributed by atoms with van der Waals surface area (Å²) in [5, 5.41) is -0.431. The van der Waals surface area contributed by atoms with E-state index in [1.807, 2.05) is 0 Å². The lowest BCUT2D eigenvalue weighted by molar-refractivity contribution is -0.135. The van der Waals surface area contributed by atoms with Gasteiger partial charge in [-0.15, -0.1) is 11.6 Å². The lowest BCUT2D eigenvalue weighted by Gasteiger charge is -2.21. The predicted octanol–water partition coefficient (Wildman–Crippen LogP) is 1.21. The summed E-state index contributed by atoms with van der Waals surface area (Å²) in [6.07, 6.45) is -2.31. The number of halogens is 4. The van der Waals surface area contributed by atoms with Gasteiger partial charge < -0.3 is 4.57 Å². The Hall–Kier alpha value is -0.800. The lowest BCUT2D eigenvalue weighted by atomic mass is 10.6. The van der Waals surface area contributed by atoms with Crippen LogP contribution in [0.3, 0.4) is 0 Å². The number of alkyl halides is 4. The van der Waals surface area contributed by atoms with E-state index in [-0.39, 0.29) is 10.2 Å². The van der Waals surface area contributed by atoms with Crippen LogP contribution in [0, 0.1) is 0 Å². The van der Waals surface area contributed by atoms with Gasteiger partial charge >= 0.3 is 6.18 Å². The molecule has 104 valence electrons. The van der Waals surface area contributed by atoms with Crippen molar-refractivity contribution in [2.45, 2.75) is 11.2 Å². The summed E-state index contributed by atoms with van der Waals surface area (Å²) in [6, 6.07) is 0. The van der Waals surface area contributed by atoms with Crippen molar-refractivity contribution in [3.05, 3.63) is 12.5 Å². The standard InChI is InChI=1S/C8H11ClF3N3O2S/c1-14-4-7(13-6-14)18(16,17)15(3-2-9)5-8(10,11)12/h4,6H,2-3,5H2,1H3. The maximum Gasteiger partial charge on any atom is 0.402 e. The van der Waals surface area contributed by atoms with Crippen molar-refractivity contribution in [3.8, 4) is 0 Å². The van der Waals surface area contributed by atoms with Gasteiger partial charge in [0.05, 0.1) is 6.33 Å². The molecule has 1 heterocycles. The Morgan fingerprint density at radius 3 is 2.50 bits per heavy atom. The number of hydrogen-bond donors (Lipinski definition) is 0. The highest BCUT2D eigenvalue weighted by Gasteiger charge is 2.37. The van der Waals surface area contributed by atoms with Gasteiger partial charge in [0.25, 0.3) is 10.0 Å². The van der Waals surface area contributed by atoms with Crippen molar-refractivity contribution in [3.63, 3.8) is 0 Å². The van der Waals surface area contributed by atoms with Crippen LogP contribution in [-0.4, -0.2) is 47.4 Å². The Morgan fingerprint density at radius 2 is 2.11 bits per heavy atom. The average Bonchev–Trinajstić information content (AvgIpc) is 2.63. The monoisotopic (exact) mass is 305 g/mol. The molecular formula is C8H11ClF3N3O2S. The van der Waals surface area contributed by atoms with Gasteiger partial charge in [0.1, 0.15) is 6.54 Å². The number of nitrogens with zero attached hydrogens (tertiary/aromatic N) is 3. The van der Waals surface area contributed by atoms with Crippen molar-refractivity contribution in [1.29, 1.82) is 0 Å². The van der Waals surface area contributed by atoms with E-state index in [9.17, 15) is 21.6 Å². The molecule has 1 rings (SSSR count). The van der Waals surface area contributed by atoms with Gasteiger partial charge in [0.15, 0.2) is 5.03 Å². The smallest absolute Gasteiger partial charge is 0.339 e. The van der Waals surface area contributed by atoms with Crippen LogP contribution in [0.2, 0.25) is 0 Å². The van der Waals surface area contributed by atoms with E-state index in [0.29, 0.717) is 0 Å². The van der Waals surface area contributed by atoms with Gasteiger partial charge in [-0.2, -0.15) is 17.5 Å². The second-order valence-electron chi connectivity index (χ2n) is 3.52. The maximum absolute atomic E-state index is 12.3. The first kappa shape index (κ1) is 15.3. The van der Waals surface area contributed by atoms with Crippen LogP contribution < -0.4 is 0 Å². The summed E-state index contributed by atoms with van der Waals surface area (Å²) in [6.45, 7) is -2.02. The summed E-state index contributed by atoms with van der Waals surface area (Å²) in [5.41, 5.74) is 0. The van der Waals surface area contributed by atoms with Crippen molar-refractivity contribution in [2.24, 2.45) is 7.05 Å². The molecule has 0 N–H and O–H groups in total. The molecule has 0 bridgehead atoms. The molecule has 10 heteroatoms. The molecule has 18 heavy (non-hydrogen) atoms.